The molecule has 0 spiro atoms. The smallest absolute Gasteiger partial charge is 0.141 e. The molecule has 0 heterocycles. The molecule has 0 aliphatic heterocycles. The van der Waals surface area contributed by atoms with Crippen LogP contribution in [0.25, 0.3) is 0 Å². The maximum atomic E-state index is 12.9. The standard InChI is InChI=1S/C12H7Cl2F2N3/c13-9-5-7(1-3-11(9)15)17-19-18-8-2-4-12(16)10(14)6-8/h1-6H,(H,17,18). The van der Waals surface area contributed by atoms with Crippen molar-refractivity contribution in [1.29, 1.82) is 0 Å². The second kappa shape index (κ2) is 5.95. The van der Waals surface area contributed by atoms with Crippen molar-refractivity contribution in [3.63, 3.8) is 0 Å². The fourth-order valence-corrected chi connectivity index (χ4v) is 1.61. The number of nitrogens with zero attached hydrogens (tertiary/aromatic N) is 2. The third-order valence-electron chi connectivity index (χ3n) is 2.17. The molecule has 0 fully saturated rings. The molecule has 3 nitrogen and oxygen atoms in total. The summed E-state index contributed by atoms with van der Waals surface area (Å²) in [6.07, 6.45) is 0. The quantitative estimate of drug-likeness (QED) is 0.599. The minimum Gasteiger partial charge on any atom is -0.260 e. The first-order valence-electron chi connectivity index (χ1n) is 5.13. The monoisotopic (exact) mass is 301 g/mol. The van der Waals surface area contributed by atoms with Crippen LogP contribution in [0.2, 0.25) is 10.0 Å². The molecular weight excluding hydrogens is 295 g/mol. The summed E-state index contributed by atoms with van der Waals surface area (Å²) in [6, 6.07) is 7.97. The van der Waals surface area contributed by atoms with Crippen LogP contribution < -0.4 is 5.43 Å². The van der Waals surface area contributed by atoms with E-state index in [-0.39, 0.29) is 10.0 Å². The zero-order valence-electron chi connectivity index (χ0n) is 9.37. The maximum absolute atomic E-state index is 12.9. The summed E-state index contributed by atoms with van der Waals surface area (Å²) in [7, 11) is 0. The molecule has 0 aliphatic rings. The van der Waals surface area contributed by atoms with Gasteiger partial charge in [-0.15, -0.1) is 5.11 Å². The van der Waals surface area contributed by atoms with Crippen LogP contribution in [0.3, 0.4) is 0 Å². The third kappa shape index (κ3) is 3.62. The highest BCUT2D eigenvalue weighted by Crippen LogP contribution is 2.22. The number of anilines is 1. The molecule has 0 saturated heterocycles. The minimum absolute atomic E-state index is 0.0231. The van der Waals surface area contributed by atoms with E-state index in [9.17, 15) is 8.78 Å². The molecule has 7 heteroatoms. The Kier molecular flexibility index (Phi) is 4.29. The summed E-state index contributed by atoms with van der Waals surface area (Å²) < 4.78 is 25.8. The van der Waals surface area contributed by atoms with Crippen LogP contribution in [-0.2, 0) is 0 Å². The summed E-state index contributed by atoms with van der Waals surface area (Å²) in [6.45, 7) is 0. The van der Waals surface area contributed by atoms with Crippen LogP contribution in [0.5, 0.6) is 0 Å². The lowest BCUT2D eigenvalue weighted by molar-refractivity contribution is 0.628. The van der Waals surface area contributed by atoms with E-state index in [0.717, 1.165) is 0 Å². The van der Waals surface area contributed by atoms with Gasteiger partial charge in [0.05, 0.1) is 21.4 Å². The number of benzene rings is 2. The Morgan fingerprint density at radius 3 is 2.16 bits per heavy atom. The Morgan fingerprint density at radius 1 is 0.895 bits per heavy atom. The molecule has 2 rings (SSSR count). The molecule has 2 aromatic rings. The van der Waals surface area contributed by atoms with Crippen LogP contribution in [0.15, 0.2) is 46.7 Å². The van der Waals surface area contributed by atoms with Crippen molar-refractivity contribution >= 4 is 34.6 Å². The lowest BCUT2D eigenvalue weighted by Gasteiger charge is -2.00. The zero-order valence-corrected chi connectivity index (χ0v) is 10.9. The minimum atomic E-state index is -0.529. The Hall–Kier alpha value is -1.72. The van der Waals surface area contributed by atoms with Gasteiger partial charge in [0.2, 0.25) is 0 Å². The average molecular weight is 302 g/mol. The van der Waals surface area contributed by atoms with E-state index in [2.05, 4.69) is 15.8 Å². The fraction of sp³-hybridized carbons (Fsp3) is 0. The van der Waals surface area contributed by atoms with E-state index in [0.29, 0.717) is 11.4 Å². The Bertz CT molecular complexity index is 632. The first-order chi connectivity index (χ1) is 9.06. The highest BCUT2D eigenvalue weighted by Gasteiger charge is 2.01. The normalized spacial score (nSPS) is 10.9. The molecule has 0 bridgehead atoms. The topological polar surface area (TPSA) is 36.8 Å². The third-order valence-corrected chi connectivity index (χ3v) is 2.75. The van der Waals surface area contributed by atoms with E-state index in [4.69, 9.17) is 23.2 Å². The number of hydrogen-bond donors (Lipinski definition) is 1. The molecule has 0 aliphatic carbocycles. The molecular formula is C12H7Cl2F2N3. The first-order valence-corrected chi connectivity index (χ1v) is 5.89. The van der Waals surface area contributed by atoms with E-state index >= 15 is 0 Å². The van der Waals surface area contributed by atoms with E-state index in [1.165, 1.54) is 36.4 Å². The van der Waals surface area contributed by atoms with E-state index in [1.807, 2.05) is 0 Å². The van der Waals surface area contributed by atoms with Crippen molar-refractivity contribution in [2.24, 2.45) is 10.3 Å². The van der Waals surface area contributed by atoms with Gasteiger partial charge in [-0.25, -0.2) is 8.78 Å². The molecule has 0 atom stereocenters. The molecule has 19 heavy (non-hydrogen) atoms. The van der Waals surface area contributed by atoms with Crippen molar-refractivity contribution in [3.05, 3.63) is 58.1 Å². The number of halogens is 4. The molecule has 2 aromatic carbocycles. The number of rotatable bonds is 3. The highest BCUT2D eigenvalue weighted by atomic mass is 35.5. The molecule has 0 aromatic heterocycles. The molecule has 98 valence electrons. The second-order valence-corrected chi connectivity index (χ2v) is 4.35. The highest BCUT2D eigenvalue weighted by molar-refractivity contribution is 6.31. The SMILES string of the molecule is Fc1ccc(N=NNc2ccc(F)c(Cl)c2)cc1Cl. The van der Waals surface area contributed by atoms with Gasteiger partial charge < -0.3 is 0 Å². The van der Waals surface area contributed by atoms with Crippen LogP contribution in [0.1, 0.15) is 0 Å². The van der Waals surface area contributed by atoms with Crippen molar-refractivity contribution in [2.45, 2.75) is 0 Å². The predicted molar refractivity (Wildman–Crippen MR) is 71.0 cm³/mol. The van der Waals surface area contributed by atoms with Gasteiger partial charge >= 0.3 is 0 Å². The summed E-state index contributed by atoms with van der Waals surface area (Å²) in [5, 5.41) is 7.38. The van der Waals surface area contributed by atoms with Gasteiger partial charge in [-0.2, -0.15) is 0 Å². The Balaban J connectivity index is 2.06. The van der Waals surface area contributed by atoms with Gasteiger partial charge in [0.25, 0.3) is 0 Å². The first kappa shape index (κ1) is 13.7. The lowest BCUT2D eigenvalue weighted by atomic mass is 10.3. The summed E-state index contributed by atoms with van der Waals surface area (Å²) >= 11 is 11.2. The average Bonchev–Trinajstić information content (AvgIpc) is 2.38. The van der Waals surface area contributed by atoms with Gasteiger partial charge in [0, 0.05) is 0 Å². The Morgan fingerprint density at radius 2 is 1.53 bits per heavy atom. The van der Waals surface area contributed by atoms with Crippen LogP contribution in [-0.4, -0.2) is 0 Å². The largest absolute Gasteiger partial charge is 0.260 e. The summed E-state index contributed by atoms with van der Waals surface area (Å²) in [4.78, 5) is 0. The van der Waals surface area contributed by atoms with Gasteiger partial charge in [0.15, 0.2) is 0 Å². The molecule has 0 radical (unpaired) electrons. The zero-order chi connectivity index (χ0) is 13.8. The van der Waals surface area contributed by atoms with Gasteiger partial charge in [-0.3, -0.25) is 5.43 Å². The number of nitrogens with one attached hydrogen (secondary N) is 1. The van der Waals surface area contributed by atoms with Crippen molar-refractivity contribution in [3.8, 4) is 0 Å². The van der Waals surface area contributed by atoms with Crippen LogP contribution in [0.4, 0.5) is 20.2 Å². The van der Waals surface area contributed by atoms with Gasteiger partial charge in [0.1, 0.15) is 11.6 Å². The second-order valence-electron chi connectivity index (χ2n) is 3.54. The van der Waals surface area contributed by atoms with Crippen LogP contribution in [0, 0.1) is 11.6 Å². The summed E-state index contributed by atoms with van der Waals surface area (Å²) in [5.74, 6) is -1.05. The molecule has 0 saturated carbocycles. The van der Waals surface area contributed by atoms with Gasteiger partial charge in [-0.05, 0) is 36.4 Å². The van der Waals surface area contributed by atoms with E-state index in [1.54, 1.807) is 0 Å². The fourth-order valence-electron chi connectivity index (χ4n) is 1.25. The molecule has 1 N–H and O–H groups in total. The molecule has 0 amide bonds. The van der Waals surface area contributed by atoms with Gasteiger partial charge in [-0.1, -0.05) is 28.4 Å². The van der Waals surface area contributed by atoms with Crippen molar-refractivity contribution in [1.82, 2.24) is 0 Å². The van der Waals surface area contributed by atoms with E-state index < -0.39 is 11.6 Å². The Labute approximate surface area is 117 Å². The van der Waals surface area contributed by atoms with Crippen molar-refractivity contribution < 1.29 is 8.78 Å². The van der Waals surface area contributed by atoms with Crippen LogP contribution >= 0.6 is 23.2 Å². The number of hydrogen-bond acceptors (Lipinski definition) is 2. The maximum Gasteiger partial charge on any atom is 0.141 e. The van der Waals surface area contributed by atoms with Crippen molar-refractivity contribution in [2.75, 3.05) is 5.43 Å². The predicted octanol–water partition coefficient (Wildman–Crippen LogP) is 5.38. The summed E-state index contributed by atoms with van der Waals surface area (Å²) in [5.41, 5.74) is 3.42. The lowest BCUT2D eigenvalue weighted by Crippen LogP contribution is -1.87. The molecule has 0 unspecified atom stereocenters.